The summed E-state index contributed by atoms with van der Waals surface area (Å²) in [7, 11) is 0. The highest BCUT2D eigenvalue weighted by Crippen LogP contribution is 2.40. The molecule has 0 unspecified atom stereocenters. The third-order valence-corrected chi connectivity index (χ3v) is 6.50. The molecule has 2 N–H and O–H groups in total. The monoisotopic (exact) mass is 482 g/mol. The Bertz CT molecular complexity index is 1670. The van der Waals surface area contributed by atoms with Gasteiger partial charge in [0.05, 0.1) is 6.07 Å². The molecule has 0 atom stereocenters. The molecular formula is C34H30N2O. The van der Waals surface area contributed by atoms with Crippen LogP contribution in [0.25, 0.3) is 33.4 Å². The smallest absolute Gasteiger partial charge is 0.207 e. The second-order valence-corrected chi connectivity index (χ2v) is 8.93. The molecule has 6 rings (SSSR count). The molecule has 0 saturated carbocycles. The molecule has 0 amide bonds. The van der Waals surface area contributed by atoms with Gasteiger partial charge < -0.3 is 17.2 Å². The van der Waals surface area contributed by atoms with Gasteiger partial charge in [0.1, 0.15) is 11.3 Å². The second kappa shape index (κ2) is 10.5. The second-order valence-electron chi connectivity index (χ2n) is 8.93. The molecule has 4 aromatic rings. The van der Waals surface area contributed by atoms with Gasteiger partial charge in [0.25, 0.3) is 0 Å². The molecule has 0 fully saturated rings. The topological polar surface area (TPSA) is 39.1 Å². The third kappa shape index (κ3) is 5.03. The van der Waals surface area contributed by atoms with E-state index in [4.69, 9.17) is 4.42 Å². The van der Waals surface area contributed by atoms with Crippen molar-refractivity contribution in [1.82, 2.24) is 0 Å². The zero-order valence-corrected chi connectivity index (χ0v) is 21.2. The van der Waals surface area contributed by atoms with E-state index in [9.17, 15) is 0 Å². The Morgan fingerprint density at radius 3 is 2.16 bits per heavy atom. The first-order valence-corrected chi connectivity index (χ1v) is 12.3. The summed E-state index contributed by atoms with van der Waals surface area (Å²) in [6.45, 7) is 2.18. The van der Waals surface area contributed by atoms with Crippen LogP contribution in [-0.4, -0.2) is 0 Å². The molecule has 3 heteroatoms. The lowest BCUT2D eigenvalue weighted by Gasteiger charge is -2.16. The summed E-state index contributed by atoms with van der Waals surface area (Å²) >= 11 is 0. The highest BCUT2D eigenvalue weighted by molar-refractivity contribution is 6.02. The molecular weight excluding hydrogens is 452 g/mol. The van der Waals surface area contributed by atoms with Gasteiger partial charge in [-0.25, -0.2) is 4.99 Å². The first kappa shape index (κ1) is 24.1. The Balaban J connectivity index is 0.00000280. The molecule has 1 aliphatic heterocycles. The Kier molecular flexibility index (Phi) is 6.87. The fourth-order valence-corrected chi connectivity index (χ4v) is 4.64. The van der Waals surface area contributed by atoms with Crippen molar-refractivity contribution < 1.29 is 9.41 Å². The van der Waals surface area contributed by atoms with E-state index >= 15 is 0 Å². The standard InChI is InChI=1S/C33H26N2O.CH3/c1-2-23-13-15-24(16-14-23)33-29-19-17-27(34-25-9-5-3-6-10-25)21-31(29)36-32-22-28(18-20-30(32)33)35-26-11-7-4-8-12-26;/h3-22,34H,2H2,1H3;1H3/q;-1/p+1. The van der Waals surface area contributed by atoms with Crippen LogP contribution in [0.3, 0.4) is 0 Å². The molecule has 0 aromatic heterocycles. The molecule has 37 heavy (non-hydrogen) atoms. The van der Waals surface area contributed by atoms with Crippen LogP contribution in [0, 0.1) is 7.43 Å². The quantitative estimate of drug-likeness (QED) is 0.200. The van der Waals surface area contributed by atoms with Crippen molar-refractivity contribution >= 4 is 28.0 Å². The van der Waals surface area contributed by atoms with Crippen molar-refractivity contribution in [2.24, 2.45) is 0 Å². The lowest BCUT2D eigenvalue weighted by molar-refractivity contribution is -0.402. The fraction of sp³-hybridized carbons (Fsp3) is 0.0588. The Hall–Kier alpha value is -4.63. The molecule has 1 heterocycles. The van der Waals surface area contributed by atoms with Gasteiger partial charge in [-0.2, -0.15) is 0 Å². The van der Waals surface area contributed by atoms with Crippen molar-refractivity contribution in [2.45, 2.75) is 13.3 Å². The van der Waals surface area contributed by atoms with E-state index in [0.717, 1.165) is 51.1 Å². The Morgan fingerprint density at radius 1 is 0.703 bits per heavy atom. The average Bonchev–Trinajstić information content (AvgIpc) is 2.93. The van der Waals surface area contributed by atoms with Gasteiger partial charge >= 0.3 is 0 Å². The van der Waals surface area contributed by atoms with Gasteiger partial charge in [0.15, 0.2) is 0 Å². The summed E-state index contributed by atoms with van der Waals surface area (Å²) in [6, 6.07) is 42.0. The van der Waals surface area contributed by atoms with Crippen molar-refractivity contribution in [1.29, 1.82) is 0 Å². The highest BCUT2D eigenvalue weighted by Gasteiger charge is 2.18. The minimum Gasteiger partial charge on any atom is -0.456 e. The maximum atomic E-state index is 6.53. The molecule has 1 aliphatic carbocycles. The van der Waals surface area contributed by atoms with Crippen molar-refractivity contribution in [3.8, 4) is 22.5 Å². The molecule has 4 aromatic carbocycles. The van der Waals surface area contributed by atoms with Gasteiger partial charge in [-0.15, -0.1) is 0 Å². The van der Waals surface area contributed by atoms with E-state index in [0.29, 0.717) is 0 Å². The summed E-state index contributed by atoms with van der Waals surface area (Å²) in [5.74, 6) is 0.842. The summed E-state index contributed by atoms with van der Waals surface area (Å²) < 4.78 is 6.53. The van der Waals surface area contributed by atoms with E-state index in [-0.39, 0.29) is 7.43 Å². The number of aryl methyl sites for hydroxylation is 1. The minimum atomic E-state index is 0. The highest BCUT2D eigenvalue weighted by atomic mass is 16.3. The van der Waals surface area contributed by atoms with Crippen LogP contribution in [0.2, 0.25) is 0 Å². The van der Waals surface area contributed by atoms with Crippen molar-refractivity contribution in [2.75, 3.05) is 5.32 Å². The number of rotatable bonds is 5. The molecule has 0 radical (unpaired) electrons. The van der Waals surface area contributed by atoms with Gasteiger partial charge in [0, 0.05) is 52.2 Å². The van der Waals surface area contributed by atoms with Crippen molar-refractivity contribution in [3.05, 3.63) is 140 Å². The van der Waals surface area contributed by atoms with E-state index in [1.165, 1.54) is 16.7 Å². The van der Waals surface area contributed by atoms with E-state index < -0.39 is 0 Å². The van der Waals surface area contributed by atoms with Crippen LogP contribution in [0.4, 0.5) is 17.1 Å². The Labute approximate surface area is 218 Å². The minimum absolute atomic E-state index is 0. The van der Waals surface area contributed by atoms with E-state index in [1.807, 2.05) is 36.4 Å². The number of para-hydroxylation sites is 2. The average molecular weight is 483 g/mol. The maximum absolute atomic E-state index is 6.53. The molecule has 0 spiro atoms. The number of anilines is 2. The lowest BCUT2D eigenvalue weighted by atomic mass is 9.93. The summed E-state index contributed by atoms with van der Waals surface area (Å²) in [6.07, 6.45) is 1.02. The molecule has 182 valence electrons. The molecule has 0 saturated heterocycles. The van der Waals surface area contributed by atoms with Crippen LogP contribution in [0.1, 0.15) is 12.5 Å². The largest absolute Gasteiger partial charge is 0.456 e. The van der Waals surface area contributed by atoms with Crippen molar-refractivity contribution in [3.63, 3.8) is 0 Å². The SMILES string of the molecule is CCc1ccc(-c2c3ccc(=[NH+]c4ccccc4)cc-3oc3cc(Nc4ccccc4)ccc23)cc1.[CH3-]. The summed E-state index contributed by atoms with van der Waals surface area (Å²) in [5.41, 5.74) is 8.71. The molecule has 2 aliphatic rings. The number of fused-ring (bicyclic) bond motifs is 2. The van der Waals surface area contributed by atoms with Gasteiger partial charge in [-0.3, -0.25) is 0 Å². The van der Waals surface area contributed by atoms with Crippen LogP contribution in [0.15, 0.2) is 126 Å². The lowest BCUT2D eigenvalue weighted by Crippen LogP contribution is -2.70. The van der Waals surface area contributed by atoms with Gasteiger partial charge in [-0.1, -0.05) is 67.6 Å². The zero-order chi connectivity index (χ0) is 24.3. The van der Waals surface area contributed by atoms with Crippen LogP contribution >= 0.6 is 0 Å². The number of hydrogen-bond acceptors (Lipinski definition) is 2. The number of benzene rings is 5. The van der Waals surface area contributed by atoms with E-state index in [1.54, 1.807) is 0 Å². The van der Waals surface area contributed by atoms with Crippen LogP contribution < -0.4 is 15.7 Å². The maximum Gasteiger partial charge on any atom is 0.207 e. The molecule has 3 nitrogen and oxygen atoms in total. The third-order valence-electron chi connectivity index (χ3n) is 6.50. The predicted octanol–water partition coefficient (Wildman–Crippen LogP) is 7.27. The summed E-state index contributed by atoms with van der Waals surface area (Å²) in [4.78, 5) is 3.49. The summed E-state index contributed by atoms with van der Waals surface area (Å²) in [5, 5.41) is 5.57. The Morgan fingerprint density at radius 2 is 1.43 bits per heavy atom. The van der Waals surface area contributed by atoms with E-state index in [2.05, 4.69) is 102 Å². The fourth-order valence-electron chi connectivity index (χ4n) is 4.64. The number of hydrogen-bond donors (Lipinski definition) is 2. The molecule has 0 bridgehead atoms. The normalized spacial score (nSPS) is 11.4. The first-order valence-electron chi connectivity index (χ1n) is 12.3. The predicted molar refractivity (Wildman–Crippen MR) is 154 cm³/mol. The van der Waals surface area contributed by atoms with Gasteiger partial charge in [0.2, 0.25) is 11.0 Å². The van der Waals surface area contributed by atoms with Crippen LogP contribution in [0.5, 0.6) is 0 Å². The van der Waals surface area contributed by atoms with Gasteiger partial charge in [-0.05, 0) is 47.9 Å². The number of nitrogens with one attached hydrogen (secondary N) is 2. The van der Waals surface area contributed by atoms with Crippen LogP contribution in [-0.2, 0) is 6.42 Å². The first-order chi connectivity index (χ1) is 17.8. The zero-order valence-electron chi connectivity index (χ0n) is 21.2.